The summed E-state index contributed by atoms with van der Waals surface area (Å²) in [5.74, 6) is 0.561. The van der Waals surface area contributed by atoms with Gasteiger partial charge < -0.3 is 34.2 Å². The number of hydrogen-bond donors (Lipinski definition) is 2. The van der Waals surface area contributed by atoms with E-state index in [1.54, 1.807) is 54.1 Å². The zero-order chi connectivity index (χ0) is 39.6. The van der Waals surface area contributed by atoms with E-state index in [1.807, 2.05) is 35.2 Å². The van der Waals surface area contributed by atoms with Crippen LogP contribution in [0.4, 0.5) is 17.5 Å². The lowest BCUT2D eigenvalue weighted by molar-refractivity contribution is -0.137. The van der Waals surface area contributed by atoms with Gasteiger partial charge in [0.05, 0.1) is 18.5 Å². The predicted molar refractivity (Wildman–Crippen MR) is 213 cm³/mol. The van der Waals surface area contributed by atoms with Crippen molar-refractivity contribution in [3.8, 4) is 0 Å². The number of nitrogens with one attached hydrogen (secondary N) is 2. The van der Waals surface area contributed by atoms with Crippen LogP contribution >= 0.6 is 11.8 Å². The molecule has 6 heterocycles. The van der Waals surface area contributed by atoms with Crippen molar-refractivity contribution >= 4 is 69.8 Å². The van der Waals surface area contributed by atoms with Crippen LogP contribution in [0.25, 0.3) is 11.0 Å². The van der Waals surface area contributed by atoms with E-state index in [0.29, 0.717) is 74.5 Å². The fourth-order valence-electron chi connectivity index (χ4n) is 8.12. The number of benzene rings is 1. The number of aromatic nitrogens is 4. The van der Waals surface area contributed by atoms with E-state index in [-0.39, 0.29) is 42.7 Å². The fraction of sp³-hybridized carbons (Fsp3) is 0.450. The first kappa shape index (κ1) is 38.3. The maximum Gasteiger partial charge on any atom is 0.270 e. The van der Waals surface area contributed by atoms with Crippen molar-refractivity contribution in [1.29, 1.82) is 0 Å². The van der Waals surface area contributed by atoms with E-state index >= 15 is 0 Å². The maximum atomic E-state index is 13.1. The van der Waals surface area contributed by atoms with Gasteiger partial charge in [0.2, 0.25) is 23.7 Å². The molecule has 16 nitrogen and oxygen atoms in total. The van der Waals surface area contributed by atoms with Crippen LogP contribution in [0.5, 0.6) is 0 Å². The van der Waals surface area contributed by atoms with Crippen LogP contribution in [0.15, 0.2) is 53.7 Å². The second-order valence-electron chi connectivity index (χ2n) is 15.0. The van der Waals surface area contributed by atoms with Gasteiger partial charge in [-0.25, -0.2) is 9.97 Å². The molecular formula is C40H46N10O6S. The molecule has 5 amide bonds. The first-order valence-electron chi connectivity index (χ1n) is 19.5. The number of pyridine rings is 1. The number of thioether (sulfide) groups is 1. The van der Waals surface area contributed by atoms with Gasteiger partial charge in [0, 0.05) is 87.1 Å². The van der Waals surface area contributed by atoms with Gasteiger partial charge in [-0.3, -0.25) is 29.3 Å². The van der Waals surface area contributed by atoms with E-state index in [2.05, 4.69) is 30.1 Å². The summed E-state index contributed by atoms with van der Waals surface area (Å²) in [7, 11) is 3.52. The third-order valence-electron chi connectivity index (χ3n) is 11.1. The Hall–Kier alpha value is -5.55. The van der Waals surface area contributed by atoms with E-state index in [9.17, 15) is 24.0 Å². The van der Waals surface area contributed by atoms with Crippen LogP contribution in [0.2, 0.25) is 0 Å². The Morgan fingerprint density at radius 3 is 2.54 bits per heavy atom. The van der Waals surface area contributed by atoms with Crippen molar-refractivity contribution in [2.75, 3.05) is 69.5 Å². The van der Waals surface area contributed by atoms with E-state index in [0.717, 1.165) is 52.9 Å². The molecule has 57 heavy (non-hydrogen) atoms. The molecule has 3 fully saturated rings. The molecule has 2 saturated heterocycles. The van der Waals surface area contributed by atoms with Crippen molar-refractivity contribution in [2.45, 2.75) is 62.0 Å². The topological polar surface area (TPSA) is 175 Å². The molecule has 0 bridgehead atoms. The maximum absolute atomic E-state index is 13.1. The summed E-state index contributed by atoms with van der Waals surface area (Å²) in [4.78, 5) is 85.3. The number of anilines is 3. The predicted octanol–water partition coefficient (Wildman–Crippen LogP) is 3.61. The van der Waals surface area contributed by atoms with Crippen LogP contribution in [0, 0.1) is 0 Å². The number of piperidine rings is 1. The molecule has 3 aliphatic heterocycles. The van der Waals surface area contributed by atoms with Crippen LogP contribution in [0.1, 0.15) is 71.0 Å². The normalized spacial score (nSPS) is 18.7. The van der Waals surface area contributed by atoms with Crippen LogP contribution in [-0.4, -0.2) is 129 Å². The molecule has 1 atom stereocenters. The summed E-state index contributed by atoms with van der Waals surface area (Å²) in [6.45, 7) is 3.13. The van der Waals surface area contributed by atoms with Gasteiger partial charge >= 0.3 is 0 Å². The van der Waals surface area contributed by atoms with Gasteiger partial charge in [-0.2, -0.15) is 4.98 Å². The fourth-order valence-corrected chi connectivity index (χ4v) is 9.07. The molecular weight excluding hydrogens is 749 g/mol. The molecule has 1 aliphatic carbocycles. The second kappa shape index (κ2) is 16.5. The van der Waals surface area contributed by atoms with Crippen molar-refractivity contribution in [2.24, 2.45) is 0 Å². The molecule has 8 rings (SSSR count). The summed E-state index contributed by atoms with van der Waals surface area (Å²) < 4.78 is 7.86. The third kappa shape index (κ3) is 8.03. The number of carbonyl (C=O) groups is 5. The van der Waals surface area contributed by atoms with E-state index < -0.39 is 11.9 Å². The highest BCUT2D eigenvalue weighted by atomic mass is 32.2. The Labute approximate surface area is 334 Å². The summed E-state index contributed by atoms with van der Waals surface area (Å²) >= 11 is 1.55. The Morgan fingerprint density at radius 2 is 1.81 bits per heavy atom. The average Bonchev–Trinajstić information content (AvgIpc) is 3.96. The lowest BCUT2D eigenvalue weighted by Gasteiger charge is -2.36. The Morgan fingerprint density at radius 1 is 1.00 bits per heavy atom. The highest BCUT2D eigenvalue weighted by Gasteiger charge is 2.40. The van der Waals surface area contributed by atoms with Gasteiger partial charge in [0.1, 0.15) is 29.8 Å². The summed E-state index contributed by atoms with van der Waals surface area (Å²) in [5, 5.41) is 6.40. The lowest BCUT2D eigenvalue weighted by Crippen LogP contribution is -2.52. The Balaban J connectivity index is 0.791. The van der Waals surface area contributed by atoms with Crippen molar-refractivity contribution < 1.29 is 28.7 Å². The van der Waals surface area contributed by atoms with Crippen molar-refractivity contribution in [1.82, 2.24) is 39.5 Å². The highest BCUT2D eigenvalue weighted by molar-refractivity contribution is 7.99. The average molecular weight is 795 g/mol. The zero-order valence-corrected chi connectivity index (χ0v) is 32.9. The Kier molecular flexibility index (Phi) is 11.1. The first-order chi connectivity index (χ1) is 27.6. The lowest BCUT2D eigenvalue weighted by atomic mass is 10.0. The Bertz CT molecular complexity index is 2200. The van der Waals surface area contributed by atoms with Crippen LogP contribution in [-0.2, 0) is 25.7 Å². The second-order valence-corrected chi connectivity index (χ2v) is 16.1. The molecule has 3 aromatic heterocycles. The molecule has 0 spiro atoms. The van der Waals surface area contributed by atoms with Crippen molar-refractivity contribution in [3.63, 3.8) is 0 Å². The largest absolute Gasteiger partial charge is 0.371 e. The monoisotopic (exact) mass is 794 g/mol. The highest BCUT2D eigenvalue weighted by Crippen LogP contribution is 2.36. The summed E-state index contributed by atoms with van der Waals surface area (Å²) in [6, 6.07) is 10.9. The summed E-state index contributed by atoms with van der Waals surface area (Å²) in [6.07, 6.45) is 8.39. The minimum atomic E-state index is -0.655. The molecule has 1 saturated carbocycles. The number of rotatable bonds is 12. The first-order valence-corrected chi connectivity index (χ1v) is 20.5. The minimum absolute atomic E-state index is 0.0102. The van der Waals surface area contributed by atoms with Crippen molar-refractivity contribution in [3.05, 3.63) is 65.6 Å². The van der Waals surface area contributed by atoms with Gasteiger partial charge in [0.25, 0.3) is 11.8 Å². The number of nitrogens with zero attached hydrogens (tertiary/aromatic N) is 8. The standard InChI is InChI=1S/C40H46N10O6S/c1-46(2)39(55)31-20-25-21-42-40(45-36(25)50(31)26-6-3-4-7-26)43-33-12-10-27(22-41-33)47-14-16-48(17-15-47)35(52)24-56-18-19-57-32-9-5-8-28-29(32)23-49(38(28)54)30-11-13-34(51)44-37(30)53/h5,8-10,12,20-22,26,30H,3-4,6-7,11,13-19,23-24H2,1-2H3,(H,44,51,53)(H,41,42,43,45). The van der Waals surface area contributed by atoms with Gasteiger partial charge in [-0.1, -0.05) is 18.9 Å². The van der Waals surface area contributed by atoms with E-state index in [1.165, 1.54) is 0 Å². The molecule has 17 heteroatoms. The number of piperazine rings is 1. The van der Waals surface area contributed by atoms with Gasteiger partial charge in [-0.05, 0) is 55.2 Å². The number of imide groups is 1. The molecule has 4 aromatic rings. The third-order valence-corrected chi connectivity index (χ3v) is 12.2. The minimum Gasteiger partial charge on any atom is -0.371 e. The molecule has 4 aliphatic rings. The summed E-state index contributed by atoms with van der Waals surface area (Å²) in [5.41, 5.74) is 3.78. The van der Waals surface area contributed by atoms with Crippen LogP contribution in [0.3, 0.4) is 0 Å². The molecule has 298 valence electrons. The number of hydrogen-bond acceptors (Lipinski definition) is 12. The van der Waals surface area contributed by atoms with Gasteiger partial charge in [-0.15, -0.1) is 11.8 Å². The molecule has 1 unspecified atom stereocenters. The van der Waals surface area contributed by atoms with Gasteiger partial charge in [0.15, 0.2) is 0 Å². The molecule has 1 aromatic carbocycles. The molecule has 0 radical (unpaired) electrons. The quantitative estimate of drug-likeness (QED) is 0.121. The number of fused-ring (bicyclic) bond motifs is 2. The molecule has 2 N–H and O–H groups in total. The smallest absolute Gasteiger partial charge is 0.270 e. The SMILES string of the molecule is CN(C)C(=O)c1cc2cnc(Nc3ccc(N4CCN(C(=O)COCCSc5cccc6c5CN(C5CCC(=O)NC5=O)C6=O)CC4)cn3)nc2n1C1CCCC1. The zero-order valence-electron chi connectivity index (χ0n) is 32.1. The van der Waals surface area contributed by atoms with Crippen LogP contribution < -0.4 is 15.5 Å². The number of amides is 5. The van der Waals surface area contributed by atoms with E-state index in [4.69, 9.17) is 9.72 Å². The number of ether oxygens (including phenoxy) is 1. The number of carbonyl (C=O) groups excluding carboxylic acids is 5.